The summed E-state index contributed by atoms with van der Waals surface area (Å²) in [4.78, 5) is 18.3. The van der Waals surface area contributed by atoms with Gasteiger partial charge in [-0.15, -0.1) is 0 Å². The molecule has 1 aliphatic heterocycles. The lowest BCUT2D eigenvalue weighted by atomic mass is 10.2. The number of aryl methyl sites for hydroxylation is 1. The van der Waals surface area contributed by atoms with Crippen LogP contribution in [0, 0.1) is 6.92 Å². The molecule has 1 saturated heterocycles. The third kappa shape index (κ3) is 6.91. The number of benzene rings is 2. The van der Waals surface area contributed by atoms with Crippen molar-refractivity contribution in [1.29, 1.82) is 0 Å². The minimum Gasteiger partial charge on any atom is -0.484 e. The van der Waals surface area contributed by atoms with E-state index in [0.717, 1.165) is 31.0 Å². The van der Waals surface area contributed by atoms with Crippen LogP contribution in [0.3, 0.4) is 0 Å². The number of ether oxygens (including phenoxy) is 1. The van der Waals surface area contributed by atoms with Gasteiger partial charge in [-0.05, 0) is 50.1 Å². The second-order valence-corrected chi connectivity index (χ2v) is 7.73. The van der Waals surface area contributed by atoms with E-state index in [-0.39, 0.29) is 12.5 Å². The van der Waals surface area contributed by atoms with Gasteiger partial charge in [0, 0.05) is 45.0 Å². The Morgan fingerprint density at radius 3 is 2.74 bits per heavy atom. The molecule has 3 rings (SSSR count). The van der Waals surface area contributed by atoms with Gasteiger partial charge in [0.1, 0.15) is 5.75 Å². The largest absolute Gasteiger partial charge is 0.484 e. The number of amides is 1. The standard InChI is InChI=1S/C24H33N5O2/c1-4-26-23(30)17-31-22-7-5-6-19(14-22)15-27-24(25-3)28-20-12-13-29(16-20)21-10-8-18(2)9-11-21/h5-11,14,20H,4,12-13,15-17H2,1-3H3,(H,26,30)(H2,25,27,28). The van der Waals surface area contributed by atoms with Crippen LogP contribution in [0.25, 0.3) is 0 Å². The van der Waals surface area contributed by atoms with Crippen LogP contribution in [0.15, 0.2) is 53.5 Å². The third-order valence-corrected chi connectivity index (χ3v) is 5.25. The van der Waals surface area contributed by atoms with Gasteiger partial charge in [0.2, 0.25) is 0 Å². The summed E-state index contributed by atoms with van der Waals surface area (Å²) >= 11 is 0. The van der Waals surface area contributed by atoms with E-state index < -0.39 is 0 Å². The fourth-order valence-corrected chi connectivity index (χ4v) is 3.58. The lowest BCUT2D eigenvalue weighted by molar-refractivity contribution is -0.122. The Kier molecular flexibility index (Phi) is 8.15. The van der Waals surface area contributed by atoms with Gasteiger partial charge in [-0.1, -0.05) is 29.8 Å². The molecule has 31 heavy (non-hydrogen) atoms. The van der Waals surface area contributed by atoms with Crippen LogP contribution in [0.2, 0.25) is 0 Å². The van der Waals surface area contributed by atoms with Crippen molar-refractivity contribution in [1.82, 2.24) is 16.0 Å². The molecule has 2 aromatic carbocycles. The number of guanidine groups is 1. The Morgan fingerprint density at radius 2 is 2.00 bits per heavy atom. The SMILES string of the molecule is CCNC(=O)COc1cccc(CNC(=NC)NC2CCN(c3ccc(C)cc3)C2)c1. The molecule has 0 aliphatic carbocycles. The van der Waals surface area contributed by atoms with E-state index in [1.54, 1.807) is 7.05 Å². The molecule has 7 nitrogen and oxygen atoms in total. The molecule has 2 aromatic rings. The predicted octanol–water partition coefficient (Wildman–Crippen LogP) is 2.45. The maximum Gasteiger partial charge on any atom is 0.257 e. The van der Waals surface area contributed by atoms with E-state index in [0.29, 0.717) is 24.9 Å². The maximum atomic E-state index is 11.6. The monoisotopic (exact) mass is 423 g/mol. The Labute approximate surface area is 184 Å². The molecule has 166 valence electrons. The van der Waals surface area contributed by atoms with Gasteiger partial charge in [0.05, 0.1) is 0 Å². The minimum absolute atomic E-state index is 0.0209. The van der Waals surface area contributed by atoms with Gasteiger partial charge in [0.25, 0.3) is 5.91 Å². The highest BCUT2D eigenvalue weighted by molar-refractivity contribution is 5.80. The number of rotatable bonds is 8. The first kappa shape index (κ1) is 22.5. The van der Waals surface area contributed by atoms with Crippen molar-refractivity contribution < 1.29 is 9.53 Å². The summed E-state index contributed by atoms with van der Waals surface area (Å²) in [6.45, 7) is 7.21. The number of hydrogen-bond acceptors (Lipinski definition) is 4. The Balaban J connectivity index is 1.47. The summed E-state index contributed by atoms with van der Waals surface area (Å²) in [5.74, 6) is 1.34. The molecule has 0 radical (unpaired) electrons. The highest BCUT2D eigenvalue weighted by Gasteiger charge is 2.23. The van der Waals surface area contributed by atoms with E-state index in [9.17, 15) is 4.79 Å². The summed E-state index contributed by atoms with van der Waals surface area (Å²) in [5, 5.41) is 9.63. The van der Waals surface area contributed by atoms with Crippen molar-refractivity contribution >= 4 is 17.6 Å². The second-order valence-electron chi connectivity index (χ2n) is 7.73. The molecule has 3 N–H and O–H groups in total. The molecule has 1 amide bonds. The van der Waals surface area contributed by atoms with Gasteiger partial charge in [-0.2, -0.15) is 0 Å². The quantitative estimate of drug-likeness (QED) is 0.449. The van der Waals surface area contributed by atoms with E-state index in [2.05, 4.69) is 57.0 Å². The van der Waals surface area contributed by atoms with Crippen LogP contribution in [-0.4, -0.2) is 51.2 Å². The van der Waals surface area contributed by atoms with Crippen LogP contribution in [0.1, 0.15) is 24.5 Å². The number of hydrogen-bond donors (Lipinski definition) is 3. The Hall–Kier alpha value is -3.22. The van der Waals surface area contributed by atoms with Gasteiger partial charge in [0.15, 0.2) is 12.6 Å². The normalized spacial score (nSPS) is 16.2. The first-order chi connectivity index (χ1) is 15.1. The lowest BCUT2D eigenvalue weighted by Gasteiger charge is -2.20. The van der Waals surface area contributed by atoms with E-state index in [1.807, 2.05) is 31.2 Å². The van der Waals surface area contributed by atoms with Crippen molar-refractivity contribution in [2.45, 2.75) is 32.9 Å². The Bertz CT molecular complexity index is 882. The zero-order valence-corrected chi connectivity index (χ0v) is 18.6. The molecule has 1 fully saturated rings. The van der Waals surface area contributed by atoms with Gasteiger partial charge < -0.3 is 25.6 Å². The maximum absolute atomic E-state index is 11.6. The zero-order valence-electron chi connectivity index (χ0n) is 18.6. The number of anilines is 1. The van der Waals surface area contributed by atoms with Gasteiger partial charge in [-0.3, -0.25) is 9.79 Å². The smallest absolute Gasteiger partial charge is 0.257 e. The average Bonchev–Trinajstić information content (AvgIpc) is 3.25. The number of likely N-dealkylation sites (N-methyl/N-ethyl adjacent to an activating group) is 1. The second kappa shape index (κ2) is 11.2. The van der Waals surface area contributed by atoms with Crippen molar-refractivity contribution in [2.75, 3.05) is 38.2 Å². The number of nitrogens with zero attached hydrogens (tertiary/aromatic N) is 2. The molecule has 1 aliphatic rings. The van der Waals surface area contributed by atoms with E-state index in [1.165, 1.54) is 11.3 Å². The predicted molar refractivity (Wildman–Crippen MR) is 126 cm³/mol. The van der Waals surface area contributed by atoms with E-state index in [4.69, 9.17) is 4.74 Å². The summed E-state index contributed by atoms with van der Waals surface area (Å²) in [6, 6.07) is 16.8. The Morgan fingerprint density at radius 1 is 1.19 bits per heavy atom. The van der Waals surface area contributed by atoms with Gasteiger partial charge in [-0.25, -0.2) is 0 Å². The van der Waals surface area contributed by atoms with Crippen LogP contribution in [0.5, 0.6) is 5.75 Å². The van der Waals surface area contributed by atoms with Crippen LogP contribution in [-0.2, 0) is 11.3 Å². The van der Waals surface area contributed by atoms with Crippen molar-refractivity contribution in [3.05, 3.63) is 59.7 Å². The van der Waals surface area contributed by atoms with E-state index >= 15 is 0 Å². The molecule has 0 aromatic heterocycles. The summed E-state index contributed by atoms with van der Waals surface area (Å²) in [6.07, 6.45) is 1.07. The fourth-order valence-electron chi connectivity index (χ4n) is 3.58. The molecule has 1 unspecified atom stereocenters. The summed E-state index contributed by atoms with van der Waals surface area (Å²) in [5.41, 5.74) is 3.60. The topological polar surface area (TPSA) is 78.0 Å². The van der Waals surface area contributed by atoms with Crippen LogP contribution >= 0.6 is 0 Å². The zero-order chi connectivity index (χ0) is 22.1. The third-order valence-electron chi connectivity index (χ3n) is 5.25. The van der Waals surface area contributed by atoms with Crippen LogP contribution < -0.4 is 25.6 Å². The van der Waals surface area contributed by atoms with Crippen molar-refractivity contribution in [3.63, 3.8) is 0 Å². The van der Waals surface area contributed by atoms with Crippen LogP contribution in [0.4, 0.5) is 5.69 Å². The first-order valence-corrected chi connectivity index (χ1v) is 10.8. The minimum atomic E-state index is -0.119. The molecular weight excluding hydrogens is 390 g/mol. The first-order valence-electron chi connectivity index (χ1n) is 10.8. The van der Waals surface area contributed by atoms with Crippen molar-refractivity contribution in [3.8, 4) is 5.75 Å². The lowest BCUT2D eigenvalue weighted by Crippen LogP contribution is -2.44. The number of carbonyl (C=O) groups is 1. The summed E-state index contributed by atoms with van der Waals surface area (Å²) < 4.78 is 5.57. The molecular formula is C24H33N5O2. The fraction of sp³-hybridized carbons (Fsp3) is 0.417. The number of nitrogens with one attached hydrogen (secondary N) is 3. The van der Waals surface area contributed by atoms with Gasteiger partial charge >= 0.3 is 0 Å². The highest BCUT2D eigenvalue weighted by Crippen LogP contribution is 2.20. The number of carbonyl (C=O) groups excluding carboxylic acids is 1. The number of aliphatic imine (C=N–C) groups is 1. The molecule has 0 bridgehead atoms. The average molecular weight is 424 g/mol. The molecule has 1 heterocycles. The molecule has 0 spiro atoms. The molecule has 0 saturated carbocycles. The molecule has 7 heteroatoms. The van der Waals surface area contributed by atoms with Crippen molar-refractivity contribution in [2.24, 2.45) is 4.99 Å². The molecule has 1 atom stereocenters. The highest BCUT2D eigenvalue weighted by atomic mass is 16.5. The summed E-state index contributed by atoms with van der Waals surface area (Å²) in [7, 11) is 1.79.